The van der Waals surface area contributed by atoms with Gasteiger partial charge in [0.05, 0.1) is 21.5 Å². The van der Waals surface area contributed by atoms with Crippen LogP contribution in [0.1, 0.15) is 0 Å². The lowest BCUT2D eigenvalue weighted by atomic mass is 9.88. The molecule has 0 aliphatic carbocycles. The average Bonchev–Trinajstić information content (AvgIpc) is 3.07. The summed E-state index contributed by atoms with van der Waals surface area (Å²) in [6, 6.07) is 25.6. The van der Waals surface area contributed by atoms with Gasteiger partial charge in [-0.15, -0.1) is 0 Å². The molecule has 46 heavy (non-hydrogen) atoms. The van der Waals surface area contributed by atoms with E-state index in [-0.39, 0.29) is 10.8 Å². The van der Waals surface area contributed by atoms with Crippen molar-refractivity contribution in [1.82, 2.24) is 0 Å². The van der Waals surface area contributed by atoms with Crippen LogP contribution in [0, 0.1) is 0 Å². The summed E-state index contributed by atoms with van der Waals surface area (Å²) in [7, 11) is 0. The minimum Gasteiger partial charge on any atom is -0.455 e. The Balaban J connectivity index is 1.48. The summed E-state index contributed by atoms with van der Waals surface area (Å²) in [5, 5.41) is 9.89. The Bertz CT molecular complexity index is 3220. The SMILES string of the molecule is O=c1oc(=O)c2cc3c(oc4ccc5oc6c7cccc8c(=O)oc(=O)c(cc6c6c9ccccc9c3c4c56)c87)c3cccc1c23. The first-order valence-electron chi connectivity index (χ1n) is 14.6. The van der Waals surface area contributed by atoms with Crippen LogP contribution in [0.2, 0.25) is 0 Å². The van der Waals surface area contributed by atoms with Crippen molar-refractivity contribution >= 4 is 109 Å². The second-order valence-corrected chi connectivity index (χ2v) is 11.7. The molecule has 0 bridgehead atoms. The molecule has 0 aliphatic rings. The first kappa shape index (κ1) is 23.9. The standard InChI is InChI=1S/C38H14O8/c39-35-19-9-3-7-17-27(19)23(37(41)45-35)13-21-29-15-5-1-2-6-16(15)30-22-14-24-28-18(8-4-10-20(28)36(40)46-38(24)42)34(22)44-26-12-11-25(43-33(17)21)31(29)32(26)30/h1-14H. The average molecular weight is 599 g/mol. The smallest absolute Gasteiger partial charge is 0.346 e. The lowest BCUT2D eigenvalue weighted by molar-refractivity contribution is 0.488. The molecule has 4 heterocycles. The molecular formula is C38H14O8. The molecule has 214 valence electrons. The molecule has 0 saturated carbocycles. The predicted octanol–water partition coefficient (Wildman–Crippen LogP) is 7.91. The van der Waals surface area contributed by atoms with Gasteiger partial charge < -0.3 is 17.7 Å². The van der Waals surface area contributed by atoms with Crippen molar-refractivity contribution in [2.75, 3.05) is 0 Å². The lowest BCUT2D eigenvalue weighted by Gasteiger charge is -2.18. The summed E-state index contributed by atoms with van der Waals surface area (Å²) in [6.07, 6.45) is 0. The lowest BCUT2D eigenvalue weighted by Crippen LogP contribution is -2.12. The van der Waals surface area contributed by atoms with Crippen LogP contribution in [-0.2, 0) is 0 Å². The van der Waals surface area contributed by atoms with Gasteiger partial charge in [0, 0.05) is 53.9 Å². The second kappa shape index (κ2) is 7.75. The van der Waals surface area contributed by atoms with E-state index >= 15 is 0 Å². The molecule has 0 atom stereocenters. The van der Waals surface area contributed by atoms with Gasteiger partial charge in [-0.1, -0.05) is 48.5 Å². The van der Waals surface area contributed by atoms with Crippen LogP contribution in [0.3, 0.4) is 0 Å². The topological polar surface area (TPSA) is 121 Å². The van der Waals surface area contributed by atoms with E-state index in [0.717, 1.165) is 32.3 Å². The Labute approximate surface area is 252 Å². The summed E-state index contributed by atoms with van der Waals surface area (Å²) >= 11 is 0. The van der Waals surface area contributed by atoms with Gasteiger partial charge in [-0.2, -0.15) is 0 Å². The molecule has 7 aromatic carbocycles. The molecule has 0 amide bonds. The monoisotopic (exact) mass is 598 g/mol. The Morgan fingerprint density at radius 2 is 0.696 bits per heavy atom. The minimum atomic E-state index is -0.711. The Morgan fingerprint density at radius 3 is 1.15 bits per heavy atom. The first-order valence-corrected chi connectivity index (χ1v) is 14.6. The molecular weight excluding hydrogens is 584 g/mol. The third kappa shape index (κ3) is 2.64. The molecule has 4 aromatic heterocycles. The van der Waals surface area contributed by atoms with Crippen molar-refractivity contribution in [3.8, 4) is 0 Å². The fraction of sp³-hybridized carbons (Fsp3) is 0. The molecule has 11 rings (SSSR count). The first-order chi connectivity index (χ1) is 22.5. The van der Waals surface area contributed by atoms with Crippen LogP contribution in [-0.4, -0.2) is 0 Å². The van der Waals surface area contributed by atoms with Gasteiger partial charge in [0.15, 0.2) is 0 Å². The van der Waals surface area contributed by atoms with Crippen molar-refractivity contribution < 1.29 is 17.7 Å². The molecule has 0 radical (unpaired) electrons. The summed E-state index contributed by atoms with van der Waals surface area (Å²) in [5.41, 5.74) is -0.556. The fourth-order valence-electron chi connectivity index (χ4n) is 7.76. The molecule has 8 heteroatoms. The summed E-state index contributed by atoms with van der Waals surface area (Å²) < 4.78 is 23.6. The molecule has 0 fully saturated rings. The van der Waals surface area contributed by atoms with Gasteiger partial charge in [-0.25, -0.2) is 19.2 Å². The van der Waals surface area contributed by atoms with Crippen LogP contribution in [0.4, 0.5) is 0 Å². The largest absolute Gasteiger partial charge is 0.455 e. The normalized spacial score (nSPS) is 12.7. The van der Waals surface area contributed by atoms with Crippen LogP contribution in [0.25, 0.3) is 109 Å². The van der Waals surface area contributed by atoms with Crippen LogP contribution >= 0.6 is 0 Å². The third-order valence-electron chi connectivity index (χ3n) is 9.53. The predicted molar refractivity (Wildman–Crippen MR) is 178 cm³/mol. The maximum absolute atomic E-state index is 13.1. The number of fused-ring (bicyclic) bond motifs is 9. The van der Waals surface area contributed by atoms with Gasteiger partial charge in [0.25, 0.3) is 0 Å². The van der Waals surface area contributed by atoms with E-state index in [1.54, 1.807) is 36.4 Å². The highest BCUT2D eigenvalue weighted by Crippen LogP contribution is 2.49. The number of rotatable bonds is 0. The van der Waals surface area contributed by atoms with Crippen molar-refractivity contribution in [3.63, 3.8) is 0 Å². The molecule has 8 nitrogen and oxygen atoms in total. The minimum absolute atomic E-state index is 0.289. The maximum atomic E-state index is 13.1. The van der Waals surface area contributed by atoms with Gasteiger partial charge >= 0.3 is 22.5 Å². The van der Waals surface area contributed by atoms with E-state index in [4.69, 9.17) is 17.7 Å². The molecule has 0 spiro atoms. The van der Waals surface area contributed by atoms with Gasteiger partial charge in [-0.05, 0) is 47.2 Å². The summed E-state index contributed by atoms with van der Waals surface area (Å²) in [4.78, 5) is 51.5. The van der Waals surface area contributed by atoms with E-state index < -0.39 is 22.5 Å². The molecule has 11 aromatic rings. The van der Waals surface area contributed by atoms with Crippen LogP contribution in [0.15, 0.2) is 122 Å². The zero-order chi connectivity index (χ0) is 30.6. The Kier molecular flexibility index (Phi) is 4.02. The number of benzene rings is 7. The van der Waals surface area contributed by atoms with E-state index in [1.807, 2.05) is 48.5 Å². The quantitative estimate of drug-likeness (QED) is 0.128. The van der Waals surface area contributed by atoms with Crippen molar-refractivity contribution in [2.24, 2.45) is 0 Å². The number of hydrogen-bond acceptors (Lipinski definition) is 8. The highest BCUT2D eigenvalue weighted by molar-refractivity contribution is 6.42. The van der Waals surface area contributed by atoms with Crippen molar-refractivity contribution in [2.45, 2.75) is 0 Å². The summed E-state index contributed by atoms with van der Waals surface area (Å²) in [6.45, 7) is 0. The zero-order valence-electron chi connectivity index (χ0n) is 23.3. The number of hydrogen-bond donors (Lipinski definition) is 0. The van der Waals surface area contributed by atoms with E-state index in [0.29, 0.717) is 65.4 Å². The summed E-state index contributed by atoms with van der Waals surface area (Å²) in [5.74, 6) is 0. The second-order valence-electron chi connectivity index (χ2n) is 11.7. The third-order valence-corrected chi connectivity index (χ3v) is 9.53. The van der Waals surface area contributed by atoms with E-state index in [1.165, 1.54) is 0 Å². The van der Waals surface area contributed by atoms with E-state index in [9.17, 15) is 19.2 Å². The zero-order valence-corrected chi connectivity index (χ0v) is 23.3. The molecule has 0 unspecified atom stereocenters. The fourth-order valence-corrected chi connectivity index (χ4v) is 7.76. The Morgan fingerprint density at radius 1 is 0.304 bits per heavy atom. The highest BCUT2D eigenvalue weighted by atomic mass is 16.4. The highest BCUT2D eigenvalue weighted by Gasteiger charge is 2.25. The van der Waals surface area contributed by atoms with Crippen LogP contribution < -0.4 is 22.5 Å². The molecule has 0 N–H and O–H groups in total. The van der Waals surface area contributed by atoms with Crippen molar-refractivity contribution in [3.05, 3.63) is 127 Å². The molecule has 0 aliphatic heterocycles. The molecule has 0 saturated heterocycles. The van der Waals surface area contributed by atoms with Gasteiger partial charge in [-0.3, -0.25) is 0 Å². The Hall–Kier alpha value is -6.54. The van der Waals surface area contributed by atoms with E-state index in [2.05, 4.69) is 0 Å². The maximum Gasteiger partial charge on any atom is 0.346 e. The van der Waals surface area contributed by atoms with Gasteiger partial charge in [0.2, 0.25) is 0 Å². The van der Waals surface area contributed by atoms with Crippen LogP contribution in [0.5, 0.6) is 0 Å². The van der Waals surface area contributed by atoms with Crippen molar-refractivity contribution in [1.29, 1.82) is 0 Å². The van der Waals surface area contributed by atoms with Gasteiger partial charge in [0.1, 0.15) is 22.3 Å².